The Morgan fingerprint density at radius 1 is 1.23 bits per heavy atom. The lowest BCUT2D eigenvalue weighted by molar-refractivity contribution is -0.145. The van der Waals surface area contributed by atoms with Crippen LogP contribution in [0.15, 0.2) is 0 Å². The number of amides is 1. The van der Waals surface area contributed by atoms with E-state index < -0.39 is 29.7 Å². The predicted octanol–water partition coefficient (Wildman–Crippen LogP) is 0.990. The van der Waals surface area contributed by atoms with Gasteiger partial charge in [-0.3, -0.25) is 9.69 Å². The van der Waals surface area contributed by atoms with Gasteiger partial charge in [0.15, 0.2) is 0 Å². The Bertz CT molecular complexity index is 387. The summed E-state index contributed by atoms with van der Waals surface area (Å²) >= 11 is 0. The third kappa shape index (κ3) is 5.81. The first-order chi connectivity index (χ1) is 10.1. The predicted molar refractivity (Wildman–Crippen MR) is 83.9 cm³/mol. The molecular formula is C15H29N3O4. The van der Waals surface area contributed by atoms with Crippen LogP contribution < -0.4 is 5.32 Å². The number of nitrogens with zero attached hydrogens (tertiary/aromatic N) is 2. The van der Waals surface area contributed by atoms with E-state index in [1.54, 1.807) is 27.7 Å². The number of carbonyl (C=O) groups is 2. The molecule has 0 aromatic rings. The molecule has 0 aromatic carbocycles. The average Bonchev–Trinajstić information content (AvgIpc) is 2.36. The van der Waals surface area contributed by atoms with Crippen molar-refractivity contribution in [3.8, 4) is 0 Å². The molecule has 1 heterocycles. The Morgan fingerprint density at radius 3 is 2.18 bits per heavy atom. The lowest BCUT2D eigenvalue weighted by atomic mass is 10.1. The average molecular weight is 315 g/mol. The van der Waals surface area contributed by atoms with Crippen LogP contribution in [0.25, 0.3) is 0 Å². The van der Waals surface area contributed by atoms with Crippen LogP contribution in [0.3, 0.4) is 0 Å². The van der Waals surface area contributed by atoms with Crippen molar-refractivity contribution in [1.29, 1.82) is 0 Å². The van der Waals surface area contributed by atoms with E-state index in [1.807, 2.05) is 4.90 Å². The standard InChI is InChI=1S/C15H29N3O4/c1-6-17-7-9-18(10-8-17)12(13(19)20)11(2)16-14(21)22-15(3,4)5/h11-12H,6-10H2,1-5H3,(H,16,21)(H,19,20). The molecule has 0 aliphatic carbocycles. The number of hydrogen-bond donors (Lipinski definition) is 2. The lowest BCUT2D eigenvalue weighted by Crippen LogP contribution is -2.59. The monoisotopic (exact) mass is 315 g/mol. The molecule has 7 heteroatoms. The molecular weight excluding hydrogens is 286 g/mol. The van der Waals surface area contributed by atoms with Crippen LogP contribution >= 0.6 is 0 Å². The van der Waals surface area contributed by atoms with E-state index in [0.717, 1.165) is 19.6 Å². The van der Waals surface area contributed by atoms with Crippen LogP contribution in [0.5, 0.6) is 0 Å². The summed E-state index contributed by atoms with van der Waals surface area (Å²) in [6.07, 6.45) is -0.585. The molecule has 1 aliphatic rings. The van der Waals surface area contributed by atoms with Gasteiger partial charge in [0, 0.05) is 26.2 Å². The number of carbonyl (C=O) groups excluding carboxylic acids is 1. The number of ether oxygens (including phenoxy) is 1. The van der Waals surface area contributed by atoms with E-state index in [-0.39, 0.29) is 0 Å². The number of rotatable bonds is 5. The zero-order valence-corrected chi connectivity index (χ0v) is 14.3. The van der Waals surface area contributed by atoms with Crippen molar-refractivity contribution in [2.24, 2.45) is 0 Å². The summed E-state index contributed by atoms with van der Waals surface area (Å²) in [4.78, 5) is 27.6. The highest BCUT2D eigenvalue weighted by Crippen LogP contribution is 2.12. The SMILES string of the molecule is CCN1CCN(C(C(=O)O)C(C)NC(=O)OC(C)(C)C)CC1. The highest BCUT2D eigenvalue weighted by atomic mass is 16.6. The number of aliphatic carboxylic acids is 1. The van der Waals surface area contributed by atoms with Crippen LogP contribution in [-0.2, 0) is 9.53 Å². The molecule has 0 bridgehead atoms. The van der Waals surface area contributed by atoms with Crippen LogP contribution in [0.2, 0.25) is 0 Å². The van der Waals surface area contributed by atoms with E-state index in [4.69, 9.17) is 4.74 Å². The largest absolute Gasteiger partial charge is 0.480 e. The van der Waals surface area contributed by atoms with Gasteiger partial charge >= 0.3 is 12.1 Å². The maximum absolute atomic E-state index is 11.8. The minimum absolute atomic E-state index is 0.527. The molecule has 128 valence electrons. The third-order valence-electron chi connectivity index (χ3n) is 3.72. The second-order valence-corrected chi connectivity index (χ2v) is 6.69. The summed E-state index contributed by atoms with van der Waals surface area (Å²) in [5.41, 5.74) is -0.602. The molecule has 1 amide bonds. The van der Waals surface area contributed by atoms with Gasteiger partial charge in [0.05, 0.1) is 6.04 Å². The van der Waals surface area contributed by atoms with Gasteiger partial charge in [-0.1, -0.05) is 6.92 Å². The molecule has 1 fully saturated rings. The molecule has 0 aromatic heterocycles. The lowest BCUT2D eigenvalue weighted by Gasteiger charge is -2.39. The van der Waals surface area contributed by atoms with Crippen molar-refractivity contribution in [2.45, 2.75) is 52.3 Å². The molecule has 2 atom stereocenters. The minimum Gasteiger partial charge on any atom is -0.480 e. The van der Waals surface area contributed by atoms with E-state index >= 15 is 0 Å². The van der Waals surface area contributed by atoms with Crippen molar-refractivity contribution in [3.63, 3.8) is 0 Å². The van der Waals surface area contributed by atoms with Crippen molar-refractivity contribution in [3.05, 3.63) is 0 Å². The van der Waals surface area contributed by atoms with E-state index in [9.17, 15) is 14.7 Å². The molecule has 22 heavy (non-hydrogen) atoms. The van der Waals surface area contributed by atoms with Crippen LogP contribution in [0.1, 0.15) is 34.6 Å². The van der Waals surface area contributed by atoms with E-state index in [1.165, 1.54) is 0 Å². The molecule has 0 radical (unpaired) electrons. The maximum atomic E-state index is 11.8. The number of carboxylic acid groups (broad SMARTS) is 1. The number of likely N-dealkylation sites (N-methyl/N-ethyl adjacent to an activating group) is 1. The highest BCUT2D eigenvalue weighted by Gasteiger charge is 2.34. The molecule has 1 rings (SSSR count). The maximum Gasteiger partial charge on any atom is 0.407 e. The van der Waals surface area contributed by atoms with E-state index in [0.29, 0.717) is 13.1 Å². The molecule has 1 aliphatic heterocycles. The normalized spacial score (nSPS) is 20.2. The van der Waals surface area contributed by atoms with Crippen molar-refractivity contribution >= 4 is 12.1 Å². The summed E-state index contributed by atoms with van der Waals surface area (Å²) in [6, 6.07) is -1.27. The number of alkyl carbamates (subject to hydrolysis) is 1. The van der Waals surface area contributed by atoms with Crippen molar-refractivity contribution in [2.75, 3.05) is 32.7 Å². The van der Waals surface area contributed by atoms with Crippen LogP contribution in [0, 0.1) is 0 Å². The van der Waals surface area contributed by atoms with Gasteiger partial charge in [-0.2, -0.15) is 0 Å². The Kier molecular flexibility index (Phi) is 6.62. The third-order valence-corrected chi connectivity index (χ3v) is 3.72. The van der Waals surface area contributed by atoms with Crippen LogP contribution in [-0.4, -0.2) is 77.4 Å². The number of nitrogens with one attached hydrogen (secondary N) is 1. The second-order valence-electron chi connectivity index (χ2n) is 6.69. The van der Waals surface area contributed by atoms with Gasteiger partial charge in [-0.25, -0.2) is 4.79 Å². The summed E-state index contributed by atoms with van der Waals surface area (Å²) < 4.78 is 5.19. The summed E-state index contributed by atoms with van der Waals surface area (Å²) in [6.45, 7) is 13.2. The number of piperazine rings is 1. The van der Waals surface area contributed by atoms with Gasteiger partial charge in [0.1, 0.15) is 11.6 Å². The second kappa shape index (κ2) is 7.78. The number of carboxylic acids is 1. The Balaban J connectivity index is 2.63. The number of hydrogen-bond acceptors (Lipinski definition) is 5. The quantitative estimate of drug-likeness (QED) is 0.787. The minimum atomic E-state index is -0.923. The zero-order valence-electron chi connectivity index (χ0n) is 14.3. The Hall–Kier alpha value is -1.34. The molecule has 2 N–H and O–H groups in total. The van der Waals surface area contributed by atoms with Gasteiger partial charge in [-0.15, -0.1) is 0 Å². The van der Waals surface area contributed by atoms with Gasteiger partial charge < -0.3 is 20.1 Å². The fourth-order valence-corrected chi connectivity index (χ4v) is 2.62. The zero-order chi connectivity index (χ0) is 16.9. The van der Waals surface area contributed by atoms with Gasteiger partial charge in [-0.05, 0) is 34.2 Å². The first kappa shape index (κ1) is 18.7. The topological polar surface area (TPSA) is 82.1 Å². The Labute approximate surface area is 132 Å². The van der Waals surface area contributed by atoms with Gasteiger partial charge in [0.25, 0.3) is 0 Å². The first-order valence-electron chi connectivity index (χ1n) is 7.82. The highest BCUT2D eigenvalue weighted by molar-refractivity contribution is 5.76. The van der Waals surface area contributed by atoms with Gasteiger partial charge in [0.2, 0.25) is 0 Å². The van der Waals surface area contributed by atoms with Crippen LogP contribution in [0.4, 0.5) is 4.79 Å². The van der Waals surface area contributed by atoms with E-state index in [2.05, 4.69) is 17.1 Å². The first-order valence-corrected chi connectivity index (χ1v) is 7.82. The fourth-order valence-electron chi connectivity index (χ4n) is 2.62. The van der Waals surface area contributed by atoms with Crippen molar-refractivity contribution < 1.29 is 19.4 Å². The summed E-state index contributed by atoms with van der Waals surface area (Å²) in [5.74, 6) is -0.923. The molecule has 0 saturated carbocycles. The molecule has 2 unspecified atom stereocenters. The summed E-state index contributed by atoms with van der Waals surface area (Å²) in [5, 5.41) is 12.2. The molecule has 1 saturated heterocycles. The summed E-state index contributed by atoms with van der Waals surface area (Å²) in [7, 11) is 0. The molecule has 7 nitrogen and oxygen atoms in total. The Morgan fingerprint density at radius 2 is 1.77 bits per heavy atom. The smallest absolute Gasteiger partial charge is 0.407 e. The fraction of sp³-hybridized carbons (Fsp3) is 0.867. The van der Waals surface area contributed by atoms with Crippen molar-refractivity contribution in [1.82, 2.24) is 15.1 Å². The molecule has 0 spiro atoms.